The number of nitrogens with one attached hydrogen (secondary N) is 4. The molecule has 0 fully saturated rings. The van der Waals surface area contributed by atoms with E-state index in [0.717, 1.165) is 11.8 Å². The minimum Gasteiger partial charge on any atom is -0.395 e. The van der Waals surface area contributed by atoms with Crippen molar-refractivity contribution in [3.8, 4) is 0 Å². The van der Waals surface area contributed by atoms with Gasteiger partial charge in [-0.05, 0) is 113 Å². The first-order chi connectivity index (χ1) is 27.2. The van der Waals surface area contributed by atoms with Crippen LogP contribution in [-0.4, -0.2) is 117 Å². The van der Waals surface area contributed by atoms with Crippen LogP contribution in [0.5, 0.6) is 0 Å². The molecule has 0 saturated carbocycles. The maximum absolute atomic E-state index is 8.00. The normalized spacial score (nSPS) is 11.0. The molecule has 0 rings (SSSR count). The molecule has 0 aliphatic heterocycles. The van der Waals surface area contributed by atoms with Crippen molar-refractivity contribution in [3.05, 3.63) is 0 Å². The zero-order valence-corrected chi connectivity index (χ0v) is 41.3. The van der Waals surface area contributed by atoms with Gasteiger partial charge in [0, 0.05) is 13.1 Å². The van der Waals surface area contributed by atoms with Gasteiger partial charge in [0.1, 0.15) is 0 Å². The van der Waals surface area contributed by atoms with Crippen molar-refractivity contribution >= 4 is 0 Å². The van der Waals surface area contributed by atoms with Gasteiger partial charge in [-0.2, -0.15) is 0 Å². The van der Waals surface area contributed by atoms with Crippen molar-refractivity contribution in [2.45, 2.75) is 196 Å². The highest BCUT2D eigenvalue weighted by Gasteiger charge is 2.08. The Kier molecular flexibility index (Phi) is 98.9. The summed E-state index contributed by atoms with van der Waals surface area (Å²) in [6.07, 6.45) is 33.8. The summed E-state index contributed by atoms with van der Waals surface area (Å²) in [5.41, 5.74) is 9.28. The fourth-order valence-corrected chi connectivity index (χ4v) is 5.38. The maximum Gasteiger partial charge on any atom is 0.0555 e. The topological polar surface area (TPSA) is 144 Å². The van der Waals surface area contributed by atoms with Crippen LogP contribution in [0.4, 0.5) is 0 Å². The first-order valence-corrected chi connectivity index (χ1v) is 23.9. The van der Waals surface area contributed by atoms with Gasteiger partial charge in [-0.1, -0.05) is 170 Å². The molecule has 0 saturated heterocycles. The molecule has 10 N–H and O–H groups in total. The van der Waals surface area contributed by atoms with Gasteiger partial charge in [0.15, 0.2) is 0 Å². The Hall–Kier alpha value is -0.360. The molecular weight excluding hydrogens is 695 g/mol. The number of aliphatic hydroxyl groups excluding tert-OH is 2. The third kappa shape index (κ3) is 99.6. The molecule has 0 aromatic carbocycles. The third-order valence-electron chi connectivity index (χ3n) is 8.86. The second-order valence-corrected chi connectivity index (χ2v) is 15.4. The Bertz CT molecular complexity index is 494. The standard InChI is InChI=1S/C20H43N.C16H35N.C3H9NO.C3H9N.C2H7NO.C2H7N.CH5N/c1-3-5-7-9-10-11-12-13-14-16-18-20-21-19-17-15-8-6-4-2;1-5-9-11-15(7-3)13-17-14-16(8-4)12-10-6-2;1-4-2-3-5;1-4(2)3;3-1-2-4;1-3-2;1-2/h21H,3-20H2,1-2H3;15-17H,5-14H2,1-4H3;4-5H,2-3H2,1H3;1-3H3;4H,1-3H2;3H,1-2H3;2H2,1H3. The summed E-state index contributed by atoms with van der Waals surface area (Å²) in [6, 6.07) is 0. The molecule has 0 aliphatic rings. The van der Waals surface area contributed by atoms with Gasteiger partial charge in [0.2, 0.25) is 0 Å². The zero-order valence-electron chi connectivity index (χ0n) is 41.3. The first kappa shape index (κ1) is 70.2. The van der Waals surface area contributed by atoms with E-state index >= 15 is 0 Å². The average Bonchev–Trinajstić information content (AvgIpc) is 3.20. The molecule has 0 aromatic heterocycles. The Morgan fingerprint density at radius 1 is 0.464 bits per heavy atom. The minimum atomic E-state index is 0.0972. The fraction of sp³-hybridized carbons (Fsp3) is 1.00. The smallest absolute Gasteiger partial charge is 0.0555 e. The molecular formula is C47H115N7O2. The molecule has 0 radical (unpaired) electrons. The van der Waals surface area contributed by atoms with Crippen LogP contribution in [0.15, 0.2) is 0 Å². The summed E-state index contributed by atoms with van der Waals surface area (Å²) in [5.74, 6) is 1.80. The van der Waals surface area contributed by atoms with Crippen LogP contribution < -0.4 is 32.7 Å². The predicted molar refractivity (Wildman–Crippen MR) is 259 cm³/mol. The Balaban J connectivity index is -0.000000121. The Morgan fingerprint density at radius 2 is 0.750 bits per heavy atom. The molecule has 56 heavy (non-hydrogen) atoms. The molecule has 0 aromatic rings. The predicted octanol–water partition coefficient (Wildman–Crippen LogP) is 9.59. The highest BCUT2D eigenvalue weighted by Crippen LogP contribution is 2.14. The Morgan fingerprint density at radius 3 is 0.964 bits per heavy atom. The molecule has 0 aliphatic carbocycles. The second-order valence-electron chi connectivity index (χ2n) is 15.4. The summed E-state index contributed by atoms with van der Waals surface area (Å²) in [6.45, 7) is 20.2. The van der Waals surface area contributed by atoms with E-state index < -0.39 is 0 Å². The van der Waals surface area contributed by atoms with Crippen LogP contribution in [0.25, 0.3) is 0 Å². The summed E-state index contributed by atoms with van der Waals surface area (Å²) in [4.78, 5) is 2.00. The lowest BCUT2D eigenvalue weighted by atomic mass is 9.97. The van der Waals surface area contributed by atoms with Crippen LogP contribution in [-0.2, 0) is 0 Å². The zero-order chi connectivity index (χ0) is 44.2. The molecule has 0 heterocycles. The Labute approximate surface area is 356 Å². The molecule has 9 heteroatoms. The van der Waals surface area contributed by atoms with Gasteiger partial charge in [0.25, 0.3) is 0 Å². The molecule has 0 spiro atoms. The van der Waals surface area contributed by atoms with Gasteiger partial charge in [0.05, 0.1) is 13.2 Å². The van der Waals surface area contributed by atoms with E-state index in [0.29, 0.717) is 13.1 Å². The monoisotopic (exact) mass is 810 g/mol. The highest BCUT2D eigenvalue weighted by atomic mass is 16.3. The number of aliphatic hydroxyl groups is 2. The molecule has 0 amide bonds. The van der Waals surface area contributed by atoms with Crippen LogP contribution in [0.3, 0.4) is 0 Å². The van der Waals surface area contributed by atoms with Crippen molar-refractivity contribution in [1.29, 1.82) is 0 Å². The quantitative estimate of drug-likeness (QED) is 0.0304. The van der Waals surface area contributed by atoms with Gasteiger partial charge >= 0.3 is 0 Å². The second kappa shape index (κ2) is 78.9. The minimum absolute atomic E-state index is 0.0972. The van der Waals surface area contributed by atoms with Crippen molar-refractivity contribution in [3.63, 3.8) is 0 Å². The SMILES string of the molecule is CCCCC(CC)CNCC(CC)CCCC.CCCCCCCCCCCCCNCCCCCCC.CN.CN(C)C.CNC.CNCCO.NCCO. The number of unbranched alkanes of at least 4 members (excludes halogenated alkanes) is 16. The number of nitrogens with two attached hydrogens (primary N) is 2. The van der Waals surface area contributed by atoms with Crippen molar-refractivity contribution in [1.82, 2.24) is 26.2 Å². The average molecular weight is 810 g/mol. The fourth-order valence-electron chi connectivity index (χ4n) is 5.38. The number of hydrogen-bond acceptors (Lipinski definition) is 9. The molecule has 0 bridgehead atoms. The van der Waals surface area contributed by atoms with Crippen LogP contribution >= 0.6 is 0 Å². The molecule has 2 atom stereocenters. The van der Waals surface area contributed by atoms with E-state index in [9.17, 15) is 0 Å². The van der Waals surface area contributed by atoms with Gasteiger partial charge in [-0.3, -0.25) is 0 Å². The van der Waals surface area contributed by atoms with Crippen LogP contribution in [0.2, 0.25) is 0 Å². The van der Waals surface area contributed by atoms with E-state index in [1.54, 1.807) is 7.05 Å². The van der Waals surface area contributed by atoms with E-state index in [-0.39, 0.29) is 13.2 Å². The highest BCUT2D eigenvalue weighted by molar-refractivity contribution is 4.65. The largest absolute Gasteiger partial charge is 0.395 e. The van der Waals surface area contributed by atoms with E-state index in [1.807, 2.05) is 40.1 Å². The summed E-state index contributed by atoms with van der Waals surface area (Å²) < 4.78 is 0. The third-order valence-corrected chi connectivity index (χ3v) is 8.86. The summed E-state index contributed by atoms with van der Waals surface area (Å²) in [5, 5.41) is 28.6. The number of nitrogens with zero attached hydrogens (tertiary/aromatic N) is 1. The van der Waals surface area contributed by atoms with Gasteiger partial charge in [-0.25, -0.2) is 0 Å². The van der Waals surface area contributed by atoms with E-state index in [2.05, 4.69) is 68.5 Å². The number of hydrogen-bond donors (Lipinski definition) is 8. The summed E-state index contributed by atoms with van der Waals surface area (Å²) in [7, 11) is 13.1. The van der Waals surface area contributed by atoms with Crippen molar-refractivity contribution in [2.24, 2.45) is 23.3 Å². The van der Waals surface area contributed by atoms with E-state index in [4.69, 9.17) is 15.9 Å². The molecule has 350 valence electrons. The summed E-state index contributed by atoms with van der Waals surface area (Å²) >= 11 is 0. The van der Waals surface area contributed by atoms with E-state index in [1.165, 1.54) is 187 Å². The first-order valence-electron chi connectivity index (χ1n) is 23.9. The number of rotatable bonds is 33. The van der Waals surface area contributed by atoms with Crippen LogP contribution in [0, 0.1) is 11.8 Å². The van der Waals surface area contributed by atoms with Gasteiger partial charge in [-0.15, -0.1) is 0 Å². The number of likely N-dealkylation sites (N-methyl/N-ethyl adjacent to an activating group) is 1. The van der Waals surface area contributed by atoms with Gasteiger partial charge < -0.3 is 47.8 Å². The van der Waals surface area contributed by atoms with Crippen molar-refractivity contribution < 1.29 is 10.2 Å². The maximum atomic E-state index is 8.00. The van der Waals surface area contributed by atoms with Crippen molar-refractivity contribution in [2.75, 3.05) is 102 Å². The molecule has 9 nitrogen and oxygen atoms in total. The lowest BCUT2D eigenvalue weighted by molar-refractivity contribution is 0.296. The molecule has 2 unspecified atom stereocenters. The lowest BCUT2D eigenvalue weighted by Crippen LogP contribution is -2.28. The lowest BCUT2D eigenvalue weighted by Gasteiger charge is -2.19. The van der Waals surface area contributed by atoms with Crippen LogP contribution in [0.1, 0.15) is 196 Å².